The van der Waals surface area contributed by atoms with Crippen LogP contribution in [-0.2, 0) is 11.3 Å². The lowest BCUT2D eigenvalue weighted by Gasteiger charge is -2.13. The minimum Gasteiger partial charge on any atom is -0.457 e. The van der Waals surface area contributed by atoms with E-state index in [4.69, 9.17) is 10.2 Å². The molecule has 2 heterocycles. The third-order valence-electron chi connectivity index (χ3n) is 2.70. The first-order valence-electron chi connectivity index (χ1n) is 4.90. The monoisotopic (exact) mass is 272 g/mol. The number of hydrogen-bond acceptors (Lipinski definition) is 3. The first-order chi connectivity index (χ1) is 7.15. The molecule has 0 aromatic carbocycles. The predicted molar refractivity (Wildman–Crippen MR) is 59.0 cm³/mol. The van der Waals surface area contributed by atoms with Crippen LogP contribution in [0.2, 0.25) is 0 Å². The van der Waals surface area contributed by atoms with E-state index in [0.29, 0.717) is 0 Å². The second-order valence-corrected chi connectivity index (χ2v) is 4.66. The highest BCUT2D eigenvalue weighted by molar-refractivity contribution is 9.10. The summed E-state index contributed by atoms with van der Waals surface area (Å²) in [6.45, 7) is 2.51. The topological polar surface area (TPSA) is 59.5 Å². The van der Waals surface area contributed by atoms with Crippen molar-refractivity contribution in [2.24, 2.45) is 11.7 Å². The smallest absolute Gasteiger partial charge is 0.221 e. The second kappa shape index (κ2) is 4.37. The summed E-state index contributed by atoms with van der Waals surface area (Å²) < 4.78 is 5.89. The summed E-state index contributed by atoms with van der Waals surface area (Å²) in [4.78, 5) is 13.2. The minimum absolute atomic E-state index is 0.0142. The lowest BCUT2D eigenvalue weighted by atomic mass is 10.1. The van der Waals surface area contributed by atoms with Crippen molar-refractivity contribution in [3.8, 4) is 0 Å². The van der Waals surface area contributed by atoms with Gasteiger partial charge in [0.2, 0.25) is 5.91 Å². The molecular weight excluding hydrogens is 260 g/mol. The van der Waals surface area contributed by atoms with E-state index in [0.717, 1.165) is 36.3 Å². The molecule has 1 saturated heterocycles. The normalized spacial score (nSPS) is 22.1. The van der Waals surface area contributed by atoms with Crippen molar-refractivity contribution in [2.45, 2.75) is 13.0 Å². The molecule has 2 rings (SSSR count). The van der Waals surface area contributed by atoms with E-state index >= 15 is 0 Å². The number of hydrogen-bond donors (Lipinski definition) is 1. The van der Waals surface area contributed by atoms with Crippen LogP contribution in [0.1, 0.15) is 12.0 Å². The molecule has 5 heteroatoms. The number of carbonyl (C=O) groups excluding carboxylic acids is 1. The Labute approximate surface area is 96.5 Å². The number of likely N-dealkylation sites (tertiary alicyclic amines) is 1. The molecule has 1 amide bonds. The van der Waals surface area contributed by atoms with Crippen LogP contribution in [-0.4, -0.2) is 23.9 Å². The van der Waals surface area contributed by atoms with Gasteiger partial charge in [0.15, 0.2) is 4.67 Å². The molecule has 1 fully saturated rings. The average molecular weight is 273 g/mol. The van der Waals surface area contributed by atoms with Gasteiger partial charge >= 0.3 is 0 Å². The van der Waals surface area contributed by atoms with Crippen molar-refractivity contribution < 1.29 is 9.21 Å². The highest BCUT2D eigenvalue weighted by atomic mass is 79.9. The molecule has 15 heavy (non-hydrogen) atoms. The molecule has 1 aliphatic heterocycles. The van der Waals surface area contributed by atoms with E-state index in [1.807, 2.05) is 6.07 Å². The molecule has 82 valence electrons. The van der Waals surface area contributed by atoms with E-state index in [2.05, 4.69) is 20.8 Å². The maximum atomic E-state index is 11.0. The maximum Gasteiger partial charge on any atom is 0.221 e. The molecule has 1 aliphatic rings. The lowest BCUT2D eigenvalue weighted by molar-refractivity contribution is -0.121. The molecule has 0 aliphatic carbocycles. The van der Waals surface area contributed by atoms with Gasteiger partial charge in [0.25, 0.3) is 0 Å². The third kappa shape index (κ3) is 2.60. The van der Waals surface area contributed by atoms with Crippen molar-refractivity contribution in [3.63, 3.8) is 0 Å². The minimum atomic E-state index is -0.189. The molecule has 4 nitrogen and oxygen atoms in total. The van der Waals surface area contributed by atoms with Crippen LogP contribution in [0.15, 0.2) is 21.4 Å². The van der Waals surface area contributed by atoms with Gasteiger partial charge in [-0.15, -0.1) is 0 Å². The first-order valence-corrected chi connectivity index (χ1v) is 5.69. The predicted octanol–water partition coefficient (Wildman–Crippen LogP) is 1.35. The van der Waals surface area contributed by atoms with E-state index in [1.165, 1.54) is 0 Å². The standard InChI is InChI=1S/C10H13BrN2O2/c11-9-3-7(6-15-9)4-13-2-1-8(5-13)10(12)14/h3,6,8H,1-2,4-5H2,(H2,12,14). The zero-order valence-electron chi connectivity index (χ0n) is 8.28. The van der Waals surface area contributed by atoms with E-state index < -0.39 is 0 Å². The third-order valence-corrected chi connectivity index (χ3v) is 3.12. The average Bonchev–Trinajstić information content (AvgIpc) is 2.76. The van der Waals surface area contributed by atoms with Crippen molar-refractivity contribution in [1.82, 2.24) is 4.90 Å². The van der Waals surface area contributed by atoms with Crippen molar-refractivity contribution in [3.05, 3.63) is 22.6 Å². The number of rotatable bonds is 3. The fourth-order valence-electron chi connectivity index (χ4n) is 1.90. The largest absolute Gasteiger partial charge is 0.457 e. The van der Waals surface area contributed by atoms with E-state index in [9.17, 15) is 4.79 Å². The zero-order valence-corrected chi connectivity index (χ0v) is 9.87. The van der Waals surface area contributed by atoms with Gasteiger partial charge in [-0.3, -0.25) is 9.69 Å². The first kappa shape index (κ1) is 10.7. The Hall–Kier alpha value is -0.810. The lowest BCUT2D eigenvalue weighted by Crippen LogP contribution is -2.27. The summed E-state index contributed by atoms with van der Waals surface area (Å²) in [7, 11) is 0. The number of amides is 1. The number of nitrogens with two attached hydrogens (primary N) is 1. The zero-order chi connectivity index (χ0) is 10.8. The molecule has 0 spiro atoms. The molecule has 1 aromatic heterocycles. The summed E-state index contributed by atoms with van der Waals surface area (Å²) in [5, 5.41) is 0. The number of carbonyl (C=O) groups is 1. The number of furan rings is 1. The molecule has 0 saturated carbocycles. The Kier molecular flexibility index (Phi) is 3.11. The quantitative estimate of drug-likeness (QED) is 0.904. The van der Waals surface area contributed by atoms with Crippen LogP contribution in [0.25, 0.3) is 0 Å². The fourth-order valence-corrected chi connectivity index (χ4v) is 2.28. The van der Waals surface area contributed by atoms with Gasteiger partial charge in [0, 0.05) is 18.7 Å². The van der Waals surface area contributed by atoms with E-state index in [1.54, 1.807) is 6.26 Å². The van der Waals surface area contributed by atoms with Crippen LogP contribution in [0.5, 0.6) is 0 Å². The second-order valence-electron chi connectivity index (χ2n) is 3.88. The number of halogens is 1. The van der Waals surface area contributed by atoms with Gasteiger partial charge in [-0.1, -0.05) is 0 Å². The molecule has 1 atom stereocenters. The van der Waals surface area contributed by atoms with Gasteiger partial charge in [-0.2, -0.15) is 0 Å². The SMILES string of the molecule is NC(=O)C1CCN(Cc2coc(Br)c2)C1. The van der Waals surface area contributed by atoms with Gasteiger partial charge < -0.3 is 10.2 Å². The molecule has 0 bridgehead atoms. The molecule has 0 radical (unpaired) electrons. The van der Waals surface area contributed by atoms with Gasteiger partial charge in [-0.25, -0.2) is 0 Å². The molecule has 1 unspecified atom stereocenters. The molecular formula is C10H13BrN2O2. The number of primary amides is 1. The van der Waals surface area contributed by atoms with Crippen LogP contribution in [0.3, 0.4) is 0 Å². The van der Waals surface area contributed by atoms with Gasteiger partial charge in [0.1, 0.15) is 0 Å². The van der Waals surface area contributed by atoms with Crippen LogP contribution in [0, 0.1) is 5.92 Å². The summed E-state index contributed by atoms with van der Waals surface area (Å²) >= 11 is 3.26. The van der Waals surface area contributed by atoms with E-state index in [-0.39, 0.29) is 11.8 Å². The summed E-state index contributed by atoms with van der Waals surface area (Å²) in [6.07, 6.45) is 2.59. The maximum absolute atomic E-state index is 11.0. The summed E-state index contributed by atoms with van der Waals surface area (Å²) in [5.74, 6) is -0.175. The van der Waals surface area contributed by atoms with Crippen LogP contribution >= 0.6 is 15.9 Å². The Morgan fingerprint density at radius 3 is 3.07 bits per heavy atom. The summed E-state index contributed by atoms with van der Waals surface area (Å²) in [5.41, 5.74) is 6.38. The van der Waals surface area contributed by atoms with Gasteiger partial charge in [-0.05, 0) is 35.0 Å². The summed E-state index contributed by atoms with van der Waals surface area (Å²) in [6, 6.07) is 1.94. The fraction of sp³-hybridized carbons (Fsp3) is 0.500. The van der Waals surface area contributed by atoms with Crippen LogP contribution < -0.4 is 5.73 Å². The highest BCUT2D eigenvalue weighted by Gasteiger charge is 2.26. The van der Waals surface area contributed by atoms with Crippen molar-refractivity contribution in [2.75, 3.05) is 13.1 Å². The van der Waals surface area contributed by atoms with Crippen molar-refractivity contribution >= 4 is 21.8 Å². The molecule has 1 aromatic rings. The Morgan fingerprint density at radius 1 is 1.73 bits per heavy atom. The Morgan fingerprint density at radius 2 is 2.53 bits per heavy atom. The molecule has 2 N–H and O–H groups in total. The Bertz CT molecular complexity index is 364. The Balaban J connectivity index is 1.90. The van der Waals surface area contributed by atoms with Crippen molar-refractivity contribution in [1.29, 1.82) is 0 Å². The highest BCUT2D eigenvalue weighted by Crippen LogP contribution is 2.20. The number of nitrogens with zero attached hydrogens (tertiary/aromatic N) is 1. The van der Waals surface area contributed by atoms with Crippen LogP contribution in [0.4, 0.5) is 0 Å². The van der Waals surface area contributed by atoms with Gasteiger partial charge in [0.05, 0.1) is 12.2 Å².